The molecule has 0 fully saturated rings. The molecule has 0 saturated heterocycles. The van der Waals surface area contributed by atoms with Gasteiger partial charge in [-0.2, -0.15) is 0 Å². The molecule has 0 amide bonds. The average molecular weight is 233 g/mol. The molecule has 0 aliphatic heterocycles. The molecule has 2 rings (SSSR count). The fourth-order valence-corrected chi connectivity index (χ4v) is 2.99. The van der Waals surface area contributed by atoms with Crippen molar-refractivity contribution in [2.75, 3.05) is 7.11 Å². The van der Waals surface area contributed by atoms with E-state index < -0.39 is 0 Å². The molecule has 2 N–H and O–H groups in total. The summed E-state index contributed by atoms with van der Waals surface area (Å²) in [6.45, 7) is 6.31. The van der Waals surface area contributed by atoms with Gasteiger partial charge in [0.25, 0.3) is 0 Å². The highest BCUT2D eigenvalue weighted by Gasteiger charge is 2.27. The van der Waals surface area contributed by atoms with Gasteiger partial charge in [0.05, 0.1) is 7.11 Å². The first-order chi connectivity index (χ1) is 7.95. The van der Waals surface area contributed by atoms with E-state index in [1.54, 1.807) is 7.11 Å². The molecule has 1 aromatic carbocycles. The maximum atomic E-state index is 6.33. The fraction of sp³-hybridized carbons (Fsp3) is 0.600. The summed E-state index contributed by atoms with van der Waals surface area (Å²) in [7, 11) is 1.74. The molecular formula is C15H23NO. The maximum Gasteiger partial charge on any atom is 0.124 e. The number of nitrogens with two attached hydrogens (primary N) is 1. The lowest BCUT2D eigenvalue weighted by Gasteiger charge is -2.30. The molecule has 0 atom stereocenters. The Morgan fingerprint density at radius 1 is 1.18 bits per heavy atom. The second-order valence-corrected chi connectivity index (χ2v) is 5.66. The van der Waals surface area contributed by atoms with Crippen LogP contribution in [0.5, 0.6) is 5.75 Å². The smallest absolute Gasteiger partial charge is 0.124 e. The number of fused-ring (bicyclic) bond motifs is 1. The predicted octanol–water partition coefficient (Wildman–Crippen LogP) is 3.08. The lowest BCUT2D eigenvalue weighted by molar-refractivity contribution is 0.391. The van der Waals surface area contributed by atoms with Crippen LogP contribution in [0.3, 0.4) is 0 Å². The van der Waals surface area contributed by atoms with Crippen molar-refractivity contribution < 1.29 is 4.74 Å². The molecule has 0 radical (unpaired) electrons. The number of ether oxygens (including phenoxy) is 1. The molecule has 17 heavy (non-hydrogen) atoms. The van der Waals surface area contributed by atoms with Gasteiger partial charge >= 0.3 is 0 Å². The van der Waals surface area contributed by atoms with Crippen LogP contribution in [0.15, 0.2) is 6.07 Å². The van der Waals surface area contributed by atoms with E-state index in [-0.39, 0.29) is 5.54 Å². The van der Waals surface area contributed by atoms with Gasteiger partial charge in [-0.25, -0.2) is 0 Å². The molecule has 2 heteroatoms. The van der Waals surface area contributed by atoms with Crippen molar-refractivity contribution in [3.63, 3.8) is 0 Å². The highest BCUT2D eigenvalue weighted by Crippen LogP contribution is 2.38. The molecule has 0 heterocycles. The second-order valence-electron chi connectivity index (χ2n) is 5.66. The van der Waals surface area contributed by atoms with Gasteiger partial charge in [0, 0.05) is 11.1 Å². The van der Waals surface area contributed by atoms with Crippen LogP contribution in [0, 0.1) is 6.92 Å². The third-order valence-corrected chi connectivity index (χ3v) is 3.70. The molecule has 0 bridgehead atoms. The Morgan fingerprint density at radius 2 is 1.76 bits per heavy atom. The van der Waals surface area contributed by atoms with Crippen molar-refractivity contribution in [1.29, 1.82) is 0 Å². The summed E-state index contributed by atoms with van der Waals surface area (Å²) in [5, 5.41) is 0. The minimum atomic E-state index is -0.333. The van der Waals surface area contributed by atoms with Crippen LogP contribution in [0.4, 0.5) is 0 Å². The second kappa shape index (κ2) is 4.34. The van der Waals surface area contributed by atoms with Gasteiger partial charge in [-0.3, -0.25) is 0 Å². The van der Waals surface area contributed by atoms with Crippen molar-refractivity contribution in [2.45, 2.75) is 52.0 Å². The molecular weight excluding hydrogens is 210 g/mol. The minimum Gasteiger partial charge on any atom is -0.496 e. The number of hydrogen-bond acceptors (Lipinski definition) is 2. The van der Waals surface area contributed by atoms with Gasteiger partial charge in [-0.05, 0) is 69.2 Å². The highest BCUT2D eigenvalue weighted by atomic mass is 16.5. The van der Waals surface area contributed by atoms with Gasteiger partial charge in [-0.15, -0.1) is 0 Å². The van der Waals surface area contributed by atoms with Crippen LogP contribution in [0.2, 0.25) is 0 Å². The summed E-state index contributed by atoms with van der Waals surface area (Å²) in [6.07, 6.45) is 4.89. The Balaban J connectivity index is 2.70. The lowest BCUT2D eigenvalue weighted by atomic mass is 9.79. The van der Waals surface area contributed by atoms with E-state index in [2.05, 4.69) is 26.8 Å². The molecule has 94 valence electrons. The summed E-state index contributed by atoms with van der Waals surface area (Å²) < 4.78 is 5.54. The fourth-order valence-electron chi connectivity index (χ4n) is 2.99. The van der Waals surface area contributed by atoms with Crippen molar-refractivity contribution in [2.24, 2.45) is 5.73 Å². The number of hydrogen-bond donors (Lipinski definition) is 1. The first kappa shape index (κ1) is 12.4. The zero-order valence-corrected chi connectivity index (χ0v) is 11.4. The highest BCUT2D eigenvalue weighted by molar-refractivity contribution is 5.53. The van der Waals surface area contributed by atoms with Crippen molar-refractivity contribution in [1.82, 2.24) is 0 Å². The Kier molecular flexibility index (Phi) is 3.17. The van der Waals surface area contributed by atoms with Crippen molar-refractivity contribution >= 4 is 0 Å². The van der Waals surface area contributed by atoms with E-state index in [0.29, 0.717) is 0 Å². The molecule has 1 aromatic rings. The number of rotatable bonds is 2. The van der Waals surface area contributed by atoms with Gasteiger partial charge in [0.1, 0.15) is 5.75 Å². The summed E-state index contributed by atoms with van der Waals surface area (Å²) >= 11 is 0. The maximum absolute atomic E-state index is 6.33. The summed E-state index contributed by atoms with van der Waals surface area (Å²) in [4.78, 5) is 0. The zero-order valence-electron chi connectivity index (χ0n) is 11.4. The Bertz CT molecular complexity index is 430. The first-order valence-electron chi connectivity index (χ1n) is 6.44. The van der Waals surface area contributed by atoms with Crippen LogP contribution < -0.4 is 10.5 Å². The van der Waals surface area contributed by atoms with Gasteiger partial charge < -0.3 is 10.5 Å². The molecule has 1 aliphatic carbocycles. The van der Waals surface area contributed by atoms with E-state index >= 15 is 0 Å². The predicted molar refractivity (Wildman–Crippen MR) is 71.6 cm³/mol. The van der Waals surface area contributed by atoms with Crippen LogP contribution in [-0.2, 0) is 18.4 Å². The van der Waals surface area contributed by atoms with E-state index in [1.165, 1.54) is 41.5 Å². The monoisotopic (exact) mass is 233 g/mol. The Labute approximate surface area is 104 Å². The molecule has 0 aromatic heterocycles. The van der Waals surface area contributed by atoms with E-state index in [9.17, 15) is 0 Å². The molecule has 2 nitrogen and oxygen atoms in total. The number of benzene rings is 1. The minimum absolute atomic E-state index is 0.333. The molecule has 0 unspecified atom stereocenters. The first-order valence-corrected chi connectivity index (χ1v) is 6.44. The summed E-state index contributed by atoms with van der Waals surface area (Å²) in [6, 6.07) is 2.15. The van der Waals surface area contributed by atoms with Crippen molar-refractivity contribution in [3.8, 4) is 5.75 Å². The molecule has 1 aliphatic rings. The van der Waals surface area contributed by atoms with Gasteiger partial charge in [0.2, 0.25) is 0 Å². The van der Waals surface area contributed by atoms with E-state index in [0.717, 1.165) is 12.2 Å². The van der Waals surface area contributed by atoms with Crippen LogP contribution in [0.25, 0.3) is 0 Å². The van der Waals surface area contributed by atoms with Gasteiger partial charge in [0.15, 0.2) is 0 Å². The standard InChI is InChI=1S/C15H23NO/c1-10-9-13(17-4)14(15(2,3)16)12-8-6-5-7-11(10)12/h9H,5-8,16H2,1-4H3. The third-order valence-electron chi connectivity index (χ3n) is 3.70. The van der Waals surface area contributed by atoms with Crippen molar-refractivity contribution in [3.05, 3.63) is 28.3 Å². The zero-order chi connectivity index (χ0) is 12.6. The summed E-state index contributed by atoms with van der Waals surface area (Å²) in [5.74, 6) is 0.954. The molecule has 0 spiro atoms. The van der Waals surface area contributed by atoms with Crippen LogP contribution in [0.1, 0.15) is 48.9 Å². The number of methoxy groups -OCH3 is 1. The molecule has 0 saturated carbocycles. The van der Waals surface area contributed by atoms with Crippen LogP contribution >= 0.6 is 0 Å². The quantitative estimate of drug-likeness (QED) is 0.852. The van der Waals surface area contributed by atoms with E-state index in [4.69, 9.17) is 10.5 Å². The Hall–Kier alpha value is -1.02. The summed E-state index contributed by atoms with van der Waals surface area (Å²) in [5.41, 5.74) is 11.5. The topological polar surface area (TPSA) is 35.2 Å². The largest absolute Gasteiger partial charge is 0.496 e. The Morgan fingerprint density at radius 3 is 2.29 bits per heavy atom. The average Bonchev–Trinajstić information content (AvgIpc) is 2.27. The SMILES string of the molecule is COc1cc(C)c2c(c1C(C)(C)N)CCCC2. The van der Waals surface area contributed by atoms with Crippen LogP contribution in [-0.4, -0.2) is 7.11 Å². The van der Waals surface area contributed by atoms with Gasteiger partial charge in [-0.1, -0.05) is 0 Å². The normalized spacial score (nSPS) is 15.6. The number of aryl methyl sites for hydroxylation is 1. The lowest BCUT2D eigenvalue weighted by Crippen LogP contribution is -2.32. The van der Waals surface area contributed by atoms with E-state index in [1.807, 2.05) is 0 Å². The third kappa shape index (κ3) is 2.19.